The van der Waals surface area contributed by atoms with Crippen LogP contribution in [-0.4, -0.2) is 34.0 Å². The van der Waals surface area contributed by atoms with Gasteiger partial charge in [0, 0.05) is 16.5 Å². The molecular formula is C22H21Cl2NO4. The number of hydrogen-bond acceptors (Lipinski definition) is 3. The number of rotatable bonds is 6. The molecular weight excluding hydrogens is 413 g/mol. The first-order chi connectivity index (χ1) is 13.8. The number of halogens is 2. The van der Waals surface area contributed by atoms with Crippen LogP contribution in [0.25, 0.3) is 0 Å². The van der Waals surface area contributed by atoms with Gasteiger partial charge in [-0.2, -0.15) is 0 Å². The standard InChI is InChI=1S/C22H21Cl2NO4/c1-3-5-18-21(26)25(13(2)22(27)28)19(14-8-10-16(23)11-9-14)20(29-18)15-6-4-7-17(24)12-15/h3-4,6-13,18-20H,1,5H2,2H3,(H,27,28)/t13-,18+,19-,20+/m1/s1. The SMILES string of the molecule is C=CC[C@@H]1O[C@@H](c2cccc(Cl)c2)[C@@H](c2ccc(Cl)cc2)N([C@H](C)C(=O)O)C1=O. The Labute approximate surface area is 179 Å². The number of morpholine rings is 1. The van der Waals surface area contributed by atoms with E-state index in [0.717, 1.165) is 11.1 Å². The maximum atomic E-state index is 13.2. The maximum absolute atomic E-state index is 13.2. The number of hydrogen-bond donors (Lipinski definition) is 1. The lowest BCUT2D eigenvalue weighted by atomic mass is 9.90. The Balaban J connectivity index is 2.17. The molecule has 1 aliphatic heterocycles. The summed E-state index contributed by atoms with van der Waals surface area (Å²) in [6, 6.07) is 12.4. The number of benzene rings is 2. The highest BCUT2D eigenvalue weighted by Gasteiger charge is 2.47. The lowest BCUT2D eigenvalue weighted by molar-refractivity contribution is -0.183. The monoisotopic (exact) mass is 433 g/mol. The van der Waals surface area contributed by atoms with Crippen molar-refractivity contribution in [3.63, 3.8) is 0 Å². The van der Waals surface area contributed by atoms with E-state index in [-0.39, 0.29) is 6.42 Å². The van der Waals surface area contributed by atoms with Crippen molar-refractivity contribution in [1.29, 1.82) is 0 Å². The van der Waals surface area contributed by atoms with Gasteiger partial charge >= 0.3 is 5.97 Å². The molecule has 152 valence electrons. The van der Waals surface area contributed by atoms with E-state index in [2.05, 4.69) is 6.58 Å². The van der Waals surface area contributed by atoms with Crippen molar-refractivity contribution in [3.05, 3.63) is 82.4 Å². The number of carboxylic acids is 1. The number of aliphatic carboxylic acids is 1. The van der Waals surface area contributed by atoms with Gasteiger partial charge in [0.2, 0.25) is 0 Å². The zero-order valence-corrected chi connectivity index (χ0v) is 17.3. The Bertz CT molecular complexity index is 915. The van der Waals surface area contributed by atoms with E-state index in [1.807, 2.05) is 6.07 Å². The predicted molar refractivity (Wildman–Crippen MR) is 112 cm³/mol. The van der Waals surface area contributed by atoms with Crippen molar-refractivity contribution < 1.29 is 19.4 Å². The van der Waals surface area contributed by atoms with Gasteiger partial charge in [-0.15, -0.1) is 6.58 Å². The van der Waals surface area contributed by atoms with Crippen LogP contribution in [0.3, 0.4) is 0 Å². The molecule has 5 nitrogen and oxygen atoms in total. The van der Waals surface area contributed by atoms with Crippen molar-refractivity contribution in [1.82, 2.24) is 4.90 Å². The van der Waals surface area contributed by atoms with Crippen molar-refractivity contribution in [2.24, 2.45) is 0 Å². The minimum Gasteiger partial charge on any atom is -0.480 e. The van der Waals surface area contributed by atoms with Crippen LogP contribution in [0.15, 0.2) is 61.2 Å². The van der Waals surface area contributed by atoms with Crippen LogP contribution in [0.4, 0.5) is 0 Å². The van der Waals surface area contributed by atoms with Crippen LogP contribution in [0, 0.1) is 0 Å². The van der Waals surface area contributed by atoms with Gasteiger partial charge < -0.3 is 14.7 Å². The second kappa shape index (κ2) is 8.99. The van der Waals surface area contributed by atoms with Crippen LogP contribution in [0.5, 0.6) is 0 Å². The van der Waals surface area contributed by atoms with Gasteiger partial charge in [0.15, 0.2) is 0 Å². The predicted octanol–water partition coefficient (Wildman–Crippen LogP) is 5.05. The molecule has 3 rings (SSSR count). The van der Waals surface area contributed by atoms with Gasteiger partial charge in [-0.05, 0) is 42.3 Å². The molecule has 4 atom stereocenters. The first-order valence-electron chi connectivity index (χ1n) is 9.15. The Morgan fingerprint density at radius 2 is 1.90 bits per heavy atom. The Morgan fingerprint density at radius 3 is 2.48 bits per heavy atom. The lowest BCUT2D eigenvalue weighted by Crippen LogP contribution is -2.55. The van der Waals surface area contributed by atoms with Crippen LogP contribution >= 0.6 is 23.2 Å². The number of carbonyl (C=O) groups is 2. The van der Waals surface area contributed by atoms with Crippen molar-refractivity contribution in [3.8, 4) is 0 Å². The fourth-order valence-corrected chi connectivity index (χ4v) is 3.88. The van der Waals surface area contributed by atoms with E-state index in [1.54, 1.807) is 48.5 Å². The number of carboxylic acid groups (broad SMARTS) is 1. The Morgan fingerprint density at radius 1 is 1.21 bits per heavy atom. The van der Waals surface area contributed by atoms with E-state index >= 15 is 0 Å². The molecule has 0 radical (unpaired) electrons. The summed E-state index contributed by atoms with van der Waals surface area (Å²) in [6.07, 6.45) is 0.414. The summed E-state index contributed by atoms with van der Waals surface area (Å²) in [5.74, 6) is -1.49. The number of carbonyl (C=O) groups excluding carboxylic acids is 1. The lowest BCUT2D eigenvalue weighted by Gasteiger charge is -2.46. The van der Waals surface area contributed by atoms with Gasteiger partial charge in [-0.1, -0.05) is 53.5 Å². The molecule has 0 unspecified atom stereocenters. The van der Waals surface area contributed by atoms with Gasteiger partial charge in [-0.3, -0.25) is 4.79 Å². The highest BCUT2D eigenvalue weighted by molar-refractivity contribution is 6.30. The molecule has 0 spiro atoms. The average Bonchev–Trinajstić information content (AvgIpc) is 2.69. The second-order valence-corrected chi connectivity index (χ2v) is 7.75. The van der Waals surface area contributed by atoms with Gasteiger partial charge in [0.05, 0.1) is 6.04 Å². The van der Waals surface area contributed by atoms with E-state index in [0.29, 0.717) is 10.0 Å². The zero-order chi connectivity index (χ0) is 21.1. The average molecular weight is 434 g/mol. The van der Waals surface area contributed by atoms with Crippen LogP contribution in [0.1, 0.15) is 36.6 Å². The molecule has 1 N–H and O–H groups in total. The molecule has 29 heavy (non-hydrogen) atoms. The normalized spacial score (nSPS) is 22.9. The van der Waals surface area contributed by atoms with E-state index in [9.17, 15) is 14.7 Å². The Kier molecular flexibility index (Phi) is 6.63. The fourth-order valence-electron chi connectivity index (χ4n) is 3.56. The summed E-state index contributed by atoms with van der Waals surface area (Å²) in [5, 5.41) is 10.7. The topological polar surface area (TPSA) is 66.8 Å². The summed E-state index contributed by atoms with van der Waals surface area (Å²) in [7, 11) is 0. The first kappa shape index (κ1) is 21.4. The second-order valence-electron chi connectivity index (χ2n) is 6.88. The quantitative estimate of drug-likeness (QED) is 0.646. The molecule has 1 aliphatic rings. The highest BCUT2D eigenvalue weighted by atomic mass is 35.5. The van der Waals surface area contributed by atoms with E-state index in [4.69, 9.17) is 27.9 Å². The number of ether oxygens (including phenoxy) is 1. The molecule has 1 saturated heterocycles. The smallest absolute Gasteiger partial charge is 0.326 e. The number of nitrogens with zero attached hydrogens (tertiary/aromatic N) is 1. The zero-order valence-electron chi connectivity index (χ0n) is 15.8. The summed E-state index contributed by atoms with van der Waals surface area (Å²) < 4.78 is 6.19. The molecule has 1 heterocycles. The summed E-state index contributed by atoms with van der Waals surface area (Å²) in [5.41, 5.74) is 1.47. The van der Waals surface area contributed by atoms with E-state index in [1.165, 1.54) is 11.8 Å². The molecule has 0 bridgehead atoms. The van der Waals surface area contributed by atoms with Crippen LogP contribution < -0.4 is 0 Å². The van der Waals surface area contributed by atoms with E-state index < -0.39 is 36.2 Å². The number of amides is 1. The fraction of sp³-hybridized carbons (Fsp3) is 0.273. The molecule has 0 aromatic heterocycles. The Hall–Kier alpha value is -2.34. The van der Waals surface area contributed by atoms with Crippen molar-refractivity contribution in [2.75, 3.05) is 0 Å². The third-order valence-electron chi connectivity index (χ3n) is 4.97. The highest BCUT2D eigenvalue weighted by Crippen LogP contribution is 2.44. The molecule has 0 aliphatic carbocycles. The van der Waals surface area contributed by atoms with Gasteiger partial charge in [-0.25, -0.2) is 4.79 Å². The van der Waals surface area contributed by atoms with Crippen molar-refractivity contribution >= 4 is 35.1 Å². The van der Waals surface area contributed by atoms with Crippen LogP contribution in [0.2, 0.25) is 10.0 Å². The summed E-state index contributed by atoms with van der Waals surface area (Å²) in [6.45, 7) is 5.18. The molecule has 0 saturated carbocycles. The third kappa shape index (κ3) is 4.47. The van der Waals surface area contributed by atoms with Crippen molar-refractivity contribution in [2.45, 2.75) is 37.6 Å². The van der Waals surface area contributed by atoms with Crippen LogP contribution in [-0.2, 0) is 14.3 Å². The molecule has 2 aromatic rings. The first-order valence-corrected chi connectivity index (χ1v) is 9.91. The van der Waals surface area contributed by atoms with Gasteiger partial charge in [0.1, 0.15) is 18.2 Å². The maximum Gasteiger partial charge on any atom is 0.326 e. The summed E-state index contributed by atoms with van der Waals surface area (Å²) in [4.78, 5) is 26.4. The minimum atomic E-state index is -1.10. The van der Waals surface area contributed by atoms with Gasteiger partial charge in [0.25, 0.3) is 5.91 Å². The molecule has 1 amide bonds. The third-order valence-corrected chi connectivity index (χ3v) is 5.46. The molecule has 7 heteroatoms. The molecule has 2 aromatic carbocycles. The summed E-state index contributed by atoms with van der Waals surface area (Å²) >= 11 is 12.2. The minimum absolute atomic E-state index is 0.270. The molecule has 1 fully saturated rings. The largest absolute Gasteiger partial charge is 0.480 e.